The summed E-state index contributed by atoms with van der Waals surface area (Å²) in [5, 5.41) is 0. The third-order valence-corrected chi connectivity index (χ3v) is 3.71. The summed E-state index contributed by atoms with van der Waals surface area (Å²) in [6.45, 7) is 8.74. The van der Waals surface area contributed by atoms with Gasteiger partial charge in [-0.2, -0.15) is 0 Å². The van der Waals surface area contributed by atoms with Crippen LogP contribution in [-0.2, 0) is 0 Å². The van der Waals surface area contributed by atoms with E-state index in [-0.39, 0.29) is 12.1 Å². The molecule has 2 amide bonds. The van der Waals surface area contributed by atoms with E-state index in [1.54, 1.807) is 0 Å². The highest BCUT2D eigenvalue weighted by Crippen LogP contribution is 2.31. The zero-order valence-electron chi connectivity index (χ0n) is 11.9. The van der Waals surface area contributed by atoms with Crippen molar-refractivity contribution in [1.29, 1.82) is 0 Å². The highest BCUT2D eigenvalue weighted by molar-refractivity contribution is 5.75. The number of hydrogen-bond donors (Lipinski definition) is 0. The van der Waals surface area contributed by atoms with Crippen molar-refractivity contribution in [2.45, 2.75) is 26.8 Å². The monoisotopic (exact) mass is 262 g/mol. The molecule has 1 heterocycles. The van der Waals surface area contributed by atoms with Gasteiger partial charge in [0.1, 0.15) is 12.4 Å². The number of urea groups is 1. The van der Waals surface area contributed by atoms with E-state index >= 15 is 0 Å². The maximum absolute atomic E-state index is 12.5. The lowest BCUT2D eigenvalue weighted by atomic mass is 10.1. The molecule has 1 aliphatic heterocycles. The second-order valence-electron chi connectivity index (χ2n) is 4.71. The first-order valence-electron chi connectivity index (χ1n) is 6.96. The highest BCUT2D eigenvalue weighted by Gasteiger charge is 2.28. The fourth-order valence-electron chi connectivity index (χ4n) is 2.51. The first-order chi connectivity index (χ1) is 9.19. The van der Waals surface area contributed by atoms with Crippen LogP contribution < -0.4 is 4.74 Å². The number of carbonyl (C=O) groups is 1. The Labute approximate surface area is 115 Å². The quantitative estimate of drug-likeness (QED) is 0.821. The van der Waals surface area contributed by atoms with Gasteiger partial charge in [-0.3, -0.25) is 0 Å². The van der Waals surface area contributed by atoms with Crippen molar-refractivity contribution < 1.29 is 9.53 Å². The number of rotatable bonds is 2. The molecule has 0 radical (unpaired) electrons. The molecular weight excluding hydrogens is 240 g/mol. The van der Waals surface area contributed by atoms with Crippen molar-refractivity contribution >= 4 is 6.03 Å². The first kappa shape index (κ1) is 13.7. The van der Waals surface area contributed by atoms with Gasteiger partial charge in [0.05, 0.1) is 12.6 Å². The molecule has 1 aliphatic rings. The Balaban J connectivity index is 2.26. The summed E-state index contributed by atoms with van der Waals surface area (Å²) in [6.07, 6.45) is 0. The molecule has 0 aliphatic carbocycles. The Morgan fingerprint density at radius 1 is 1.37 bits per heavy atom. The summed E-state index contributed by atoms with van der Waals surface area (Å²) < 4.78 is 5.73. The van der Waals surface area contributed by atoms with E-state index in [2.05, 4.69) is 6.92 Å². The molecule has 1 atom stereocenters. The minimum atomic E-state index is 0.0480. The van der Waals surface area contributed by atoms with Crippen molar-refractivity contribution in [3.63, 3.8) is 0 Å². The lowest BCUT2D eigenvalue weighted by Crippen LogP contribution is -2.45. The Bertz CT molecular complexity index is 444. The fraction of sp³-hybridized carbons (Fsp3) is 0.533. The number of amides is 2. The maximum Gasteiger partial charge on any atom is 0.320 e. The standard InChI is InChI=1S/C15H22N2O2/c1-4-16(5-2)15(18)17-10-11-19-14-9-7-6-8-13(14)12(17)3/h6-9,12H,4-5,10-11H2,1-3H3. The molecule has 104 valence electrons. The van der Waals surface area contributed by atoms with Crippen molar-refractivity contribution in [3.8, 4) is 5.75 Å². The van der Waals surface area contributed by atoms with E-state index in [0.717, 1.165) is 24.4 Å². The van der Waals surface area contributed by atoms with Crippen molar-refractivity contribution in [1.82, 2.24) is 9.80 Å². The van der Waals surface area contributed by atoms with Gasteiger partial charge in [-0.05, 0) is 26.8 Å². The van der Waals surface area contributed by atoms with E-state index in [1.165, 1.54) is 0 Å². The topological polar surface area (TPSA) is 32.8 Å². The molecule has 4 nitrogen and oxygen atoms in total. The van der Waals surface area contributed by atoms with Gasteiger partial charge >= 0.3 is 6.03 Å². The van der Waals surface area contributed by atoms with Gasteiger partial charge in [0, 0.05) is 18.7 Å². The minimum Gasteiger partial charge on any atom is -0.491 e. The first-order valence-corrected chi connectivity index (χ1v) is 6.96. The largest absolute Gasteiger partial charge is 0.491 e. The minimum absolute atomic E-state index is 0.0480. The van der Waals surface area contributed by atoms with E-state index in [1.807, 2.05) is 47.9 Å². The summed E-state index contributed by atoms with van der Waals surface area (Å²) in [5.74, 6) is 0.893. The van der Waals surface area contributed by atoms with Gasteiger partial charge in [-0.25, -0.2) is 4.79 Å². The van der Waals surface area contributed by atoms with Crippen LogP contribution in [0.15, 0.2) is 24.3 Å². The smallest absolute Gasteiger partial charge is 0.320 e. The van der Waals surface area contributed by atoms with Crippen LogP contribution in [0.4, 0.5) is 4.79 Å². The third-order valence-electron chi connectivity index (χ3n) is 3.71. The SMILES string of the molecule is CCN(CC)C(=O)N1CCOc2ccccc2C1C. The lowest BCUT2D eigenvalue weighted by molar-refractivity contribution is 0.136. The molecule has 1 aromatic carbocycles. The van der Waals surface area contributed by atoms with Crippen LogP contribution >= 0.6 is 0 Å². The van der Waals surface area contributed by atoms with Crippen LogP contribution in [0.3, 0.4) is 0 Å². The summed E-state index contributed by atoms with van der Waals surface area (Å²) in [7, 11) is 0. The van der Waals surface area contributed by atoms with Crippen molar-refractivity contribution in [3.05, 3.63) is 29.8 Å². The lowest BCUT2D eigenvalue weighted by Gasteiger charge is -2.32. The van der Waals surface area contributed by atoms with Gasteiger partial charge in [0.25, 0.3) is 0 Å². The van der Waals surface area contributed by atoms with Gasteiger partial charge in [0.15, 0.2) is 0 Å². The molecule has 0 bridgehead atoms. The van der Waals surface area contributed by atoms with Crippen LogP contribution in [0.1, 0.15) is 32.4 Å². The average molecular weight is 262 g/mol. The van der Waals surface area contributed by atoms with Gasteiger partial charge in [-0.1, -0.05) is 18.2 Å². The van der Waals surface area contributed by atoms with Crippen molar-refractivity contribution in [2.75, 3.05) is 26.2 Å². The van der Waals surface area contributed by atoms with Crippen LogP contribution in [0.25, 0.3) is 0 Å². The Morgan fingerprint density at radius 3 is 2.74 bits per heavy atom. The molecule has 0 saturated carbocycles. The average Bonchev–Trinajstić information content (AvgIpc) is 2.60. The fourth-order valence-corrected chi connectivity index (χ4v) is 2.51. The Hall–Kier alpha value is -1.71. The molecular formula is C15H22N2O2. The maximum atomic E-state index is 12.5. The van der Waals surface area contributed by atoms with Crippen LogP contribution in [0.5, 0.6) is 5.75 Å². The molecule has 0 fully saturated rings. The molecule has 4 heteroatoms. The zero-order valence-corrected chi connectivity index (χ0v) is 11.9. The summed E-state index contributed by atoms with van der Waals surface area (Å²) in [6, 6.07) is 8.10. The number of ether oxygens (including phenoxy) is 1. The number of benzene rings is 1. The molecule has 2 rings (SSSR count). The van der Waals surface area contributed by atoms with Gasteiger partial charge in [-0.15, -0.1) is 0 Å². The molecule has 0 saturated heterocycles. The molecule has 0 spiro atoms. The van der Waals surface area contributed by atoms with Crippen molar-refractivity contribution in [2.24, 2.45) is 0 Å². The molecule has 0 N–H and O–H groups in total. The van der Waals surface area contributed by atoms with E-state index in [0.29, 0.717) is 13.2 Å². The third kappa shape index (κ3) is 2.67. The predicted octanol–water partition coefficient (Wildman–Crippen LogP) is 2.90. The molecule has 1 aromatic rings. The second-order valence-corrected chi connectivity index (χ2v) is 4.71. The predicted molar refractivity (Wildman–Crippen MR) is 75.4 cm³/mol. The summed E-state index contributed by atoms with van der Waals surface area (Å²) in [4.78, 5) is 16.3. The number of para-hydroxylation sites is 1. The number of fused-ring (bicyclic) bond motifs is 1. The van der Waals surface area contributed by atoms with E-state index in [4.69, 9.17) is 4.74 Å². The molecule has 19 heavy (non-hydrogen) atoms. The second kappa shape index (κ2) is 5.95. The van der Waals surface area contributed by atoms with Gasteiger partial charge in [0.2, 0.25) is 0 Å². The van der Waals surface area contributed by atoms with Crippen LogP contribution in [0, 0.1) is 0 Å². The van der Waals surface area contributed by atoms with Crippen LogP contribution in [-0.4, -0.2) is 42.1 Å². The van der Waals surface area contributed by atoms with Gasteiger partial charge < -0.3 is 14.5 Å². The Morgan fingerprint density at radius 2 is 2.05 bits per heavy atom. The number of nitrogens with zero attached hydrogens (tertiary/aromatic N) is 2. The normalized spacial score (nSPS) is 18.3. The zero-order chi connectivity index (χ0) is 13.8. The van der Waals surface area contributed by atoms with E-state index in [9.17, 15) is 4.79 Å². The molecule has 1 unspecified atom stereocenters. The summed E-state index contributed by atoms with van der Waals surface area (Å²) >= 11 is 0. The Kier molecular flexibility index (Phi) is 4.30. The highest BCUT2D eigenvalue weighted by atomic mass is 16.5. The number of carbonyl (C=O) groups excluding carboxylic acids is 1. The van der Waals surface area contributed by atoms with E-state index < -0.39 is 0 Å². The number of hydrogen-bond acceptors (Lipinski definition) is 2. The van der Waals surface area contributed by atoms with Crippen LogP contribution in [0.2, 0.25) is 0 Å². The summed E-state index contributed by atoms with van der Waals surface area (Å²) in [5.41, 5.74) is 1.08. The molecule has 0 aromatic heterocycles.